The number of carbonyl (C=O) groups is 1. The maximum atomic E-state index is 12.3. The van der Waals surface area contributed by atoms with Crippen molar-refractivity contribution in [1.29, 1.82) is 0 Å². The molecule has 2 aromatic rings. The normalized spacial score (nSPS) is 13.1. The van der Waals surface area contributed by atoms with Crippen molar-refractivity contribution >= 4 is 5.91 Å². The smallest absolute Gasteiger partial charge is 0.250 e. The van der Waals surface area contributed by atoms with E-state index in [2.05, 4.69) is 28.7 Å². The van der Waals surface area contributed by atoms with Crippen LogP contribution in [0.15, 0.2) is 43.1 Å². The molecule has 2 rings (SSSR count). The van der Waals surface area contributed by atoms with Gasteiger partial charge in [0.05, 0.1) is 6.04 Å². The Balaban J connectivity index is 2.09. The van der Waals surface area contributed by atoms with E-state index in [0.29, 0.717) is 5.92 Å². The van der Waals surface area contributed by atoms with Crippen molar-refractivity contribution in [2.24, 2.45) is 11.3 Å². The molecule has 0 spiro atoms. The zero-order valence-electron chi connectivity index (χ0n) is 14.7. The average Bonchev–Trinajstić information content (AvgIpc) is 2.95. The molecule has 0 fully saturated rings. The van der Waals surface area contributed by atoms with Gasteiger partial charge in [0.2, 0.25) is 18.1 Å². The van der Waals surface area contributed by atoms with Gasteiger partial charge in [0.25, 0.3) is 0 Å². The van der Waals surface area contributed by atoms with Crippen LogP contribution in [0, 0.1) is 11.3 Å². The lowest BCUT2D eigenvalue weighted by Gasteiger charge is -2.25. The minimum Gasteiger partial charge on any atom is -0.349 e. The molecule has 1 unspecified atom stereocenters. The van der Waals surface area contributed by atoms with E-state index in [4.69, 9.17) is 0 Å². The minimum atomic E-state index is -0.377. The summed E-state index contributed by atoms with van der Waals surface area (Å²) in [5, 5.41) is 3.17. The minimum absolute atomic E-state index is 0.0842. The van der Waals surface area contributed by atoms with Gasteiger partial charge < -0.3 is 5.32 Å². The fraction of sp³-hybridized carbons (Fsp3) is 0.500. The van der Waals surface area contributed by atoms with Gasteiger partial charge in [-0.05, 0) is 12.0 Å². The number of hydrogen-bond acceptors (Lipinski definition) is 2. The average molecular weight is 315 g/mol. The van der Waals surface area contributed by atoms with Gasteiger partial charge >= 0.3 is 0 Å². The third-order valence-corrected chi connectivity index (χ3v) is 3.82. The van der Waals surface area contributed by atoms with Gasteiger partial charge in [0, 0.05) is 17.7 Å². The summed E-state index contributed by atoms with van der Waals surface area (Å²) in [4.78, 5) is 16.6. The summed E-state index contributed by atoms with van der Waals surface area (Å²) < 4.78 is 4.06. The fourth-order valence-corrected chi connectivity index (χ4v) is 2.18. The van der Waals surface area contributed by atoms with Crippen LogP contribution in [0.2, 0.25) is 0 Å². The van der Waals surface area contributed by atoms with E-state index < -0.39 is 0 Å². The number of nitrogens with one attached hydrogen (secondary N) is 1. The third kappa shape index (κ3) is 4.65. The van der Waals surface area contributed by atoms with Crippen molar-refractivity contribution in [2.45, 2.75) is 47.2 Å². The Bertz CT molecular complexity index is 641. The molecule has 5 heteroatoms. The van der Waals surface area contributed by atoms with Crippen molar-refractivity contribution in [3.05, 3.63) is 43.1 Å². The highest BCUT2D eigenvalue weighted by Gasteiger charge is 2.26. The lowest BCUT2D eigenvalue weighted by Crippen LogP contribution is -2.51. The maximum Gasteiger partial charge on any atom is 0.250 e. The first kappa shape index (κ1) is 17.2. The van der Waals surface area contributed by atoms with Crippen LogP contribution in [0.3, 0.4) is 0 Å². The molecule has 0 aromatic carbocycles. The Labute approximate surface area is 138 Å². The Morgan fingerprint density at radius 3 is 2.65 bits per heavy atom. The van der Waals surface area contributed by atoms with Gasteiger partial charge in [0.1, 0.15) is 18.9 Å². The second-order valence-electron chi connectivity index (χ2n) is 7.28. The number of rotatable bonds is 5. The molecule has 0 bridgehead atoms. The van der Waals surface area contributed by atoms with E-state index in [0.717, 1.165) is 12.4 Å². The molecule has 0 aliphatic carbocycles. The summed E-state index contributed by atoms with van der Waals surface area (Å²) in [7, 11) is 0. The van der Waals surface area contributed by atoms with Crippen LogP contribution in [-0.4, -0.2) is 21.5 Å². The number of nitrogens with zero attached hydrogens (tertiary/aromatic N) is 3. The highest BCUT2D eigenvalue weighted by Crippen LogP contribution is 2.14. The zero-order chi connectivity index (χ0) is 17.0. The molecule has 0 aliphatic rings. The molecule has 0 aliphatic heterocycles. The maximum absolute atomic E-state index is 12.3. The lowest BCUT2D eigenvalue weighted by molar-refractivity contribution is -0.699. The number of hydrogen-bond donors (Lipinski definition) is 1. The number of carbonyl (C=O) groups excluding carboxylic acids is 1. The Hall–Kier alpha value is -2.17. The molecular formula is C18H27N4O+. The molecule has 124 valence electrons. The van der Waals surface area contributed by atoms with Gasteiger partial charge in [-0.3, -0.25) is 4.79 Å². The van der Waals surface area contributed by atoms with Gasteiger partial charge in [-0.1, -0.05) is 40.7 Å². The summed E-state index contributed by atoms with van der Waals surface area (Å²) in [5.74, 6) is 1.32. The van der Waals surface area contributed by atoms with E-state index in [1.807, 2.05) is 62.3 Å². The van der Waals surface area contributed by atoms with Crippen LogP contribution in [0.4, 0.5) is 0 Å². The standard InChI is InChI=1S/C18H26N4O/c1-14(2)15(20-17(23)18(3,4)5)12-21-10-11-22(13-21)16-8-6-7-9-19-16/h6-11,13-15H,12H2,1-5H3/p+1. The quantitative estimate of drug-likeness (QED) is 0.861. The second kappa shape index (κ2) is 6.94. The highest BCUT2D eigenvalue weighted by molar-refractivity contribution is 5.81. The second-order valence-corrected chi connectivity index (χ2v) is 7.28. The first-order valence-electron chi connectivity index (χ1n) is 8.07. The van der Waals surface area contributed by atoms with Crippen LogP contribution < -0.4 is 9.88 Å². The van der Waals surface area contributed by atoms with Crippen LogP contribution in [0.1, 0.15) is 34.6 Å². The van der Waals surface area contributed by atoms with E-state index in [9.17, 15) is 4.79 Å². The molecule has 5 nitrogen and oxygen atoms in total. The summed E-state index contributed by atoms with van der Waals surface area (Å²) in [6.07, 6.45) is 7.76. The SMILES string of the molecule is CC(C)C(C[n+]1ccn(-c2ccccn2)c1)NC(=O)C(C)(C)C. The monoisotopic (exact) mass is 315 g/mol. The first-order valence-corrected chi connectivity index (χ1v) is 8.07. The predicted octanol–water partition coefficient (Wildman–Crippen LogP) is 2.35. The first-order chi connectivity index (χ1) is 10.8. The number of pyridine rings is 1. The van der Waals surface area contributed by atoms with Crippen LogP contribution in [0.25, 0.3) is 5.82 Å². The predicted molar refractivity (Wildman–Crippen MR) is 90.0 cm³/mol. The summed E-state index contributed by atoms with van der Waals surface area (Å²) in [5.41, 5.74) is -0.377. The van der Waals surface area contributed by atoms with Gasteiger partial charge in [0.15, 0.2) is 0 Å². The molecule has 1 N–H and O–H groups in total. The molecule has 0 saturated carbocycles. The largest absolute Gasteiger partial charge is 0.349 e. The topological polar surface area (TPSA) is 50.8 Å². The van der Waals surface area contributed by atoms with E-state index in [-0.39, 0.29) is 17.4 Å². The fourth-order valence-electron chi connectivity index (χ4n) is 2.18. The highest BCUT2D eigenvalue weighted by atomic mass is 16.2. The summed E-state index contributed by atoms with van der Waals surface area (Å²) in [6, 6.07) is 5.92. The van der Waals surface area contributed by atoms with Crippen LogP contribution in [-0.2, 0) is 11.3 Å². The molecule has 2 heterocycles. The van der Waals surface area contributed by atoms with Crippen molar-refractivity contribution in [3.63, 3.8) is 0 Å². The molecule has 2 aromatic heterocycles. The zero-order valence-corrected chi connectivity index (χ0v) is 14.7. The van der Waals surface area contributed by atoms with Crippen molar-refractivity contribution in [3.8, 4) is 5.82 Å². The Kier molecular flexibility index (Phi) is 5.19. The Morgan fingerprint density at radius 2 is 2.09 bits per heavy atom. The molecular weight excluding hydrogens is 288 g/mol. The van der Waals surface area contributed by atoms with Crippen LogP contribution in [0.5, 0.6) is 0 Å². The van der Waals surface area contributed by atoms with E-state index in [1.165, 1.54) is 0 Å². The van der Waals surface area contributed by atoms with E-state index >= 15 is 0 Å². The van der Waals surface area contributed by atoms with Crippen molar-refractivity contribution < 1.29 is 9.36 Å². The van der Waals surface area contributed by atoms with Crippen LogP contribution >= 0.6 is 0 Å². The molecule has 1 atom stereocenters. The summed E-state index contributed by atoms with van der Waals surface area (Å²) in [6.45, 7) is 10.8. The number of imidazole rings is 1. The molecule has 0 radical (unpaired) electrons. The van der Waals surface area contributed by atoms with Gasteiger partial charge in [-0.25, -0.2) is 9.55 Å². The van der Waals surface area contributed by atoms with Crippen molar-refractivity contribution in [2.75, 3.05) is 0 Å². The summed E-state index contributed by atoms with van der Waals surface area (Å²) >= 11 is 0. The lowest BCUT2D eigenvalue weighted by atomic mass is 9.94. The number of amides is 1. The van der Waals surface area contributed by atoms with E-state index in [1.54, 1.807) is 6.20 Å². The molecule has 0 saturated heterocycles. The molecule has 1 amide bonds. The number of aromatic nitrogens is 3. The molecule has 23 heavy (non-hydrogen) atoms. The van der Waals surface area contributed by atoms with Crippen molar-refractivity contribution in [1.82, 2.24) is 14.9 Å². The third-order valence-electron chi connectivity index (χ3n) is 3.82. The van der Waals surface area contributed by atoms with Gasteiger partial charge in [-0.2, -0.15) is 4.57 Å². The van der Waals surface area contributed by atoms with Gasteiger partial charge in [-0.15, -0.1) is 0 Å². The Morgan fingerprint density at radius 1 is 1.35 bits per heavy atom.